The first-order valence-electron chi connectivity index (χ1n) is 6.14. The Bertz CT molecular complexity index is 721. The van der Waals surface area contributed by atoms with Crippen LogP contribution in [0.4, 0.5) is 5.69 Å². The normalized spacial score (nSPS) is 12.4. The van der Waals surface area contributed by atoms with Crippen LogP contribution < -0.4 is 11.1 Å². The molecular formula is C14H13N3OS2. The van der Waals surface area contributed by atoms with Crippen LogP contribution in [0.15, 0.2) is 41.2 Å². The van der Waals surface area contributed by atoms with Crippen LogP contribution in [0.5, 0.6) is 0 Å². The van der Waals surface area contributed by atoms with Gasteiger partial charge in [0.25, 0.3) is 0 Å². The van der Waals surface area contributed by atoms with Gasteiger partial charge in [-0.25, -0.2) is 0 Å². The van der Waals surface area contributed by atoms with Gasteiger partial charge in [-0.05, 0) is 52.1 Å². The van der Waals surface area contributed by atoms with E-state index in [0.717, 1.165) is 21.3 Å². The number of rotatable bonds is 4. The van der Waals surface area contributed by atoms with Crippen LogP contribution in [0, 0.1) is 0 Å². The largest absolute Gasteiger partial charge is 0.326 e. The van der Waals surface area contributed by atoms with Crippen molar-refractivity contribution in [3.05, 3.63) is 46.8 Å². The van der Waals surface area contributed by atoms with Crippen molar-refractivity contribution in [2.45, 2.75) is 12.5 Å². The number of amides is 1. The maximum Gasteiger partial charge on any atom is 0.226 e. The smallest absolute Gasteiger partial charge is 0.226 e. The lowest BCUT2D eigenvalue weighted by molar-refractivity contribution is -0.116. The number of benzene rings is 1. The van der Waals surface area contributed by atoms with Gasteiger partial charge in [-0.2, -0.15) is 15.7 Å². The fourth-order valence-electron chi connectivity index (χ4n) is 1.95. The summed E-state index contributed by atoms with van der Waals surface area (Å²) in [7, 11) is 0. The third kappa shape index (κ3) is 2.87. The number of anilines is 1. The lowest BCUT2D eigenvalue weighted by Crippen LogP contribution is -2.20. The Balaban J connectivity index is 1.66. The summed E-state index contributed by atoms with van der Waals surface area (Å²) in [6.07, 6.45) is 2.09. The zero-order valence-corrected chi connectivity index (χ0v) is 12.2. The predicted octanol–water partition coefficient (Wildman–Crippen LogP) is 3.39. The Labute approximate surface area is 124 Å². The Morgan fingerprint density at radius 1 is 1.40 bits per heavy atom. The summed E-state index contributed by atoms with van der Waals surface area (Å²) in [5.41, 5.74) is 7.79. The average Bonchev–Trinajstić information content (AvgIpc) is 3.09. The Kier molecular flexibility index (Phi) is 3.77. The zero-order chi connectivity index (χ0) is 13.9. The van der Waals surface area contributed by atoms with E-state index < -0.39 is 0 Å². The summed E-state index contributed by atoms with van der Waals surface area (Å²) in [5, 5.41) is 7.90. The molecule has 0 aliphatic heterocycles. The number of nitrogens with one attached hydrogen (secondary N) is 1. The number of carbonyl (C=O) groups excluding carboxylic acids is 1. The minimum atomic E-state index is -0.256. The molecule has 0 bridgehead atoms. The maximum atomic E-state index is 12.0. The number of carbonyl (C=O) groups is 1. The van der Waals surface area contributed by atoms with E-state index in [4.69, 9.17) is 5.73 Å². The Morgan fingerprint density at radius 3 is 3.10 bits per heavy atom. The molecule has 0 radical (unpaired) electrons. The Hall–Kier alpha value is -1.76. The first-order valence-corrected chi connectivity index (χ1v) is 7.86. The first kappa shape index (κ1) is 13.2. The van der Waals surface area contributed by atoms with Crippen LogP contribution >= 0.6 is 22.9 Å². The van der Waals surface area contributed by atoms with E-state index >= 15 is 0 Å². The molecule has 0 aliphatic carbocycles. The van der Waals surface area contributed by atoms with E-state index in [0.29, 0.717) is 0 Å². The molecule has 3 aromatic rings. The molecule has 1 atom stereocenters. The standard InChI is InChI=1S/C14H13N3OS2/c15-12(10-3-4-19-8-10)6-14(18)17-11-2-1-9-7-16-20-13(9)5-11/h1-5,7-8,12H,6,15H2,(H,17,18). The van der Waals surface area contributed by atoms with E-state index in [1.807, 2.05) is 41.2 Å². The van der Waals surface area contributed by atoms with Gasteiger partial charge in [0.1, 0.15) is 0 Å². The van der Waals surface area contributed by atoms with Gasteiger partial charge in [0.05, 0.1) is 4.70 Å². The van der Waals surface area contributed by atoms with Gasteiger partial charge in [0.15, 0.2) is 0 Å². The van der Waals surface area contributed by atoms with Gasteiger partial charge in [-0.15, -0.1) is 0 Å². The topological polar surface area (TPSA) is 68.0 Å². The summed E-state index contributed by atoms with van der Waals surface area (Å²) in [4.78, 5) is 12.0. The molecule has 0 saturated carbocycles. The van der Waals surface area contributed by atoms with Crippen LogP contribution in [0.3, 0.4) is 0 Å². The minimum absolute atomic E-state index is 0.0763. The fraction of sp³-hybridized carbons (Fsp3) is 0.143. The molecule has 0 fully saturated rings. The molecule has 20 heavy (non-hydrogen) atoms. The molecule has 102 valence electrons. The molecule has 0 spiro atoms. The van der Waals surface area contributed by atoms with Crippen molar-refractivity contribution in [2.24, 2.45) is 5.73 Å². The van der Waals surface area contributed by atoms with Crippen LogP contribution in [-0.4, -0.2) is 10.3 Å². The number of thiophene rings is 1. The Morgan fingerprint density at radius 2 is 2.30 bits per heavy atom. The molecule has 2 heterocycles. The number of hydrogen-bond donors (Lipinski definition) is 2. The summed E-state index contributed by atoms with van der Waals surface area (Å²) in [6, 6.07) is 7.46. The third-order valence-corrected chi connectivity index (χ3v) is 4.48. The molecule has 1 amide bonds. The molecule has 0 saturated heterocycles. The maximum absolute atomic E-state index is 12.0. The van der Waals surface area contributed by atoms with Gasteiger partial charge in [0, 0.05) is 29.7 Å². The van der Waals surface area contributed by atoms with E-state index in [-0.39, 0.29) is 18.4 Å². The fourth-order valence-corrected chi connectivity index (χ4v) is 3.36. The number of hydrogen-bond acceptors (Lipinski definition) is 5. The quantitative estimate of drug-likeness (QED) is 0.776. The van der Waals surface area contributed by atoms with Crippen molar-refractivity contribution in [2.75, 3.05) is 5.32 Å². The summed E-state index contributed by atoms with van der Waals surface area (Å²) < 4.78 is 5.17. The highest BCUT2D eigenvalue weighted by molar-refractivity contribution is 7.13. The van der Waals surface area contributed by atoms with Gasteiger partial charge < -0.3 is 11.1 Å². The third-order valence-electron chi connectivity index (χ3n) is 3.02. The summed E-state index contributed by atoms with van der Waals surface area (Å²) in [5.74, 6) is -0.0763. The van der Waals surface area contributed by atoms with Crippen LogP contribution in [0.2, 0.25) is 0 Å². The first-order chi connectivity index (χ1) is 9.72. The average molecular weight is 303 g/mol. The monoisotopic (exact) mass is 303 g/mol. The van der Waals surface area contributed by atoms with E-state index in [2.05, 4.69) is 9.69 Å². The van der Waals surface area contributed by atoms with E-state index in [1.54, 1.807) is 11.3 Å². The number of nitrogens with zero attached hydrogens (tertiary/aromatic N) is 1. The van der Waals surface area contributed by atoms with Crippen molar-refractivity contribution < 1.29 is 4.79 Å². The SMILES string of the molecule is NC(CC(=O)Nc1ccc2cnsc2c1)c1ccsc1. The second-order valence-corrected chi connectivity index (χ2v) is 6.11. The van der Waals surface area contributed by atoms with Gasteiger partial charge in [0.2, 0.25) is 5.91 Å². The molecular weight excluding hydrogens is 290 g/mol. The highest BCUT2D eigenvalue weighted by atomic mass is 32.1. The van der Waals surface area contributed by atoms with Gasteiger partial charge in [-0.1, -0.05) is 0 Å². The van der Waals surface area contributed by atoms with Gasteiger partial charge in [-0.3, -0.25) is 4.79 Å². The summed E-state index contributed by atoms with van der Waals surface area (Å²) >= 11 is 3.00. The molecule has 2 aromatic heterocycles. The van der Waals surface area contributed by atoms with Crippen molar-refractivity contribution in [3.63, 3.8) is 0 Å². The number of aromatic nitrogens is 1. The number of fused-ring (bicyclic) bond motifs is 1. The lowest BCUT2D eigenvalue weighted by Gasteiger charge is -2.10. The van der Waals surface area contributed by atoms with Crippen LogP contribution in [-0.2, 0) is 4.79 Å². The van der Waals surface area contributed by atoms with Crippen molar-refractivity contribution in [1.82, 2.24) is 4.37 Å². The molecule has 4 nitrogen and oxygen atoms in total. The summed E-state index contributed by atoms with van der Waals surface area (Å²) in [6.45, 7) is 0. The molecule has 0 aliphatic rings. The molecule has 6 heteroatoms. The van der Waals surface area contributed by atoms with Crippen molar-refractivity contribution in [3.8, 4) is 0 Å². The molecule has 3 N–H and O–H groups in total. The molecule has 1 aromatic carbocycles. The zero-order valence-electron chi connectivity index (χ0n) is 10.6. The van der Waals surface area contributed by atoms with Crippen molar-refractivity contribution >= 4 is 44.5 Å². The van der Waals surface area contributed by atoms with Crippen molar-refractivity contribution in [1.29, 1.82) is 0 Å². The molecule has 3 rings (SSSR count). The number of nitrogens with two attached hydrogens (primary N) is 1. The highest BCUT2D eigenvalue weighted by Crippen LogP contribution is 2.23. The van der Waals surface area contributed by atoms with E-state index in [9.17, 15) is 4.79 Å². The second kappa shape index (κ2) is 5.70. The van der Waals surface area contributed by atoms with Crippen LogP contribution in [0.25, 0.3) is 10.1 Å². The highest BCUT2D eigenvalue weighted by Gasteiger charge is 2.12. The lowest BCUT2D eigenvalue weighted by atomic mass is 10.1. The van der Waals surface area contributed by atoms with E-state index in [1.165, 1.54) is 11.5 Å². The second-order valence-electron chi connectivity index (χ2n) is 4.49. The predicted molar refractivity (Wildman–Crippen MR) is 84.1 cm³/mol. The van der Waals surface area contributed by atoms with Gasteiger partial charge >= 0.3 is 0 Å². The minimum Gasteiger partial charge on any atom is -0.326 e. The van der Waals surface area contributed by atoms with Crippen LogP contribution in [0.1, 0.15) is 18.0 Å². The molecule has 1 unspecified atom stereocenters.